The van der Waals surface area contributed by atoms with Crippen molar-refractivity contribution in [3.8, 4) is 0 Å². The van der Waals surface area contributed by atoms with Gasteiger partial charge in [-0.25, -0.2) is 9.79 Å². The Bertz CT molecular complexity index is 728. The first-order valence-electron chi connectivity index (χ1n) is 6.62. The molecule has 0 saturated heterocycles. The zero-order valence-electron chi connectivity index (χ0n) is 11.3. The number of benzene rings is 2. The minimum Gasteiger partial charge on any atom is -0.403 e. The average Bonchev–Trinajstić information content (AvgIpc) is 2.90. The van der Waals surface area contributed by atoms with E-state index in [9.17, 15) is 4.79 Å². The molecule has 0 radical (unpaired) electrons. The van der Waals surface area contributed by atoms with Gasteiger partial charge in [0, 0.05) is 11.6 Å². The Hall–Kier alpha value is -2.94. The summed E-state index contributed by atoms with van der Waals surface area (Å²) < 4.78 is 5.13. The number of carbonyl (C=O) groups is 1. The number of carbonyl (C=O) groups excluding carboxylic acids is 1. The summed E-state index contributed by atoms with van der Waals surface area (Å²) in [7, 11) is 0. The van der Waals surface area contributed by atoms with Crippen LogP contribution in [0.1, 0.15) is 11.1 Å². The lowest BCUT2D eigenvalue weighted by Gasteiger charge is -1.94. The fraction of sp³-hybridized carbons (Fsp3) is 0. The lowest BCUT2D eigenvalue weighted by molar-refractivity contribution is -0.130. The van der Waals surface area contributed by atoms with Gasteiger partial charge < -0.3 is 4.74 Å². The summed E-state index contributed by atoms with van der Waals surface area (Å²) in [5.74, 6) is -0.105. The Balaban J connectivity index is 1.79. The SMILES string of the molecule is O=C1OC(=CC=Cc2ccccc2)N=C1c1ccccc1. The van der Waals surface area contributed by atoms with Gasteiger partial charge in [-0.3, -0.25) is 0 Å². The molecule has 1 aliphatic rings. The van der Waals surface area contributed by atoms with Crippen LogP contribution in [0.15, 0.2) is 83.7 Å². The van der Waals surface area contributed by atoms with Crippen molar-refractivity contribution < 1.29 is 9.53 Å². The summed E-state index contributed by atoms with van der Waals surface area (Å²) in [6, 6.07) is 19.2. The molecule has 3 nitrogen and oxygen atoms in total. The molecule has 0 saturated carbocycles. The Labute approximate surface area is 122 Å². The zero-order valence-corrected chi connectivity index (χ0v) is 11.3. The molecular weight excluding hydrogens is 262 g/mol. The van der Waals surface area contributed by atoms with Crippen LogP contribution in [0.4, 0.5) is 0 Å². The normalized spacial score (nSPS) is 16.3. The molecule has 3 rings (SSSR count). The Morgan fingerprint density at radius 2 is 1.57 bits per heavy atom. The molecule has 0 atom stereocenters. The van der Waals surface area contributed by atoms with Crippen LogP contribution in [0.2, 0.25) is 0 Å². The molecule has 0 bridgehead atoms. The number of cyclic esters (lactones) is 1. The Kier molecular flexibility index (Phi) is 3.74. The van der Waals surface area contributed by atoms with E-state index in [-0.39, 0.29) is 0 Å². The summed E-state index contributed by atoms with van der Waals surface area (Å²) in [6.45, 7) is 0. The smallest absolute Gasteiger partial charge is 0.364 e. The van der Waals surface area contributed by atoms with E-state index < -0.39 is 5.97 Å². The first-order chi connectivity index (χ1) is 10.3. The molecule has 2 aromatic carbocycles. The minimum absolute atomic E-state index is 0.311. The summed E-state index contributed by atoms with van der Waals surface area (Å²) >= 11 is 0. The highest BCUT2D eigenvalue weighted by Gasteiger charge is 2.24. The molecule has 1 heterocycles. The minimum atomic E-state index is -0.416. The zero-order chi connectivity index (χ0) is 14.5. The highest BCUT2D eigenvalue weighted by molar-refractivity contribution is 6.44. The summed E-state index contributed by atoms with van der Waals surface area (Å²) in [4.78, 5) is 16.0. The Morgan fingerprint density at radius 1 is 0.905 bits per heavy atom. The Morgan fingerprint density at radius 3 is 2.29 bits per heavy atom. The number of esters is 1. The fourth-order valence-electron chi connectivity index (χ4n) is 1.98. The van der Waals surface area contributed by atoms with Gasteiger partial charge >= 0.3 is 5.97 Å². The van der Waals surface area contributed by atoms with E-state index in [1.165, 1.54) is 0 Å². The standard InChI is InChI=1S/C18H13NO2/c20-18-17(15-11-5-2-6-12-15)19-16(21-18)13-7-10-14-8-3-1-4-9-14/h1-13H. The molecule has 0 amide bonds. The maximum Gasteiger partial charge on any atom is 0.364 e. The van der Waals surface area contributed by atoms with Gasteiger partial charge in [0.2, 0.25) is 5.88 Å². The molecule has 0 aromatic heterocycles. The van der Waals surface area contributed by atoms with Crippen molar-refractivity contribution in [2.24, 2.45) is 4.99 Å². The third kappa shape index (κ3) is 3.15. The van der Waals surface area contributed by atoms with E-state index in [0.717, 1.165) is 11.1 Å². The average molecular weight is 275 g/mol. The van der Waals surface area contributed by atoms with Gasteiger partial charge in [0.25, 0.3) is 0 Å². The molecule has 3 heteroatoms. The van der Waals surface area contributed by atoms with Crippen molar-refractivity contribution in [1.82, 2.24) is 0 Å². The van der Waals surface area contributed by atoms with Crippen LogP contribution < -0.4 is 0 Å². The molecule has 102 valence electrons. The monoisotopic (exact) mass is 275 g/mol. The van der Waals surface area contributed by atoms with Crippen LogP contribution in [-0.2, 0) is 9.53 Å². The second-order valence-electron chi connectivity index (χ2n) is 4.49. The lowest BCUT2D eigenvalue weighted by Crippen LogP contribution is -2.10. The van der Waals surface area contributed by atoms with Crippen molar-refractivity contribution in [2.75, 3.05) is 0 Å². The quantitative estimate of drug-likeness (QED) is 0.803. The van der Waals surface area contributed by atoms with Gasteiger partial charge in [0.15, 0.2) is 5.71 Å². The summed E-state index contributed by atoms with van der Waals surface area (Å²) in [5.41, 5.74) is 2.18. The first-order valence-corrected chi connectivity index (χ1v) is 6.62. The number of hydrogen-bond acceptors (Lipinski definition) is 3. The van der Waals surface area contributed by atoms with E-state index in [2.05, 4.69) is 4.99 Å². The van der Waals surface area contributed by atoms with Gasteiger partial charge in [-0.2, -0.15) is 0 Å². The van der Waals surface area contributed by atoms with Crippen molar-refractivity contribution in [2.45, 2.75) is 0 Å². The number of ether oxygens (including phenoxy) is 1. The van der Waals surface area contributed by atoms with E-state index in [4.69, 9.17) is 4.74 Å². The molecule has 0 aliphatic carbocycles. The predicted molar refractivity (Wildman–Crippen MR) is 82.6 cm³/mol. The van der Waals surface area contributed by atoms with Crippen LogP contribution in [0.25, 0.3) is 6.08 Å². The summed E-state index contributed by atoms with van der Waals surface area (Å²) in [5, 5.41) is 0. The number of allylic oxidation sites excluding steroid dienone is 2. The molecule has 2 aromatic rings. The molecule has 21 heavy (non-hydrogen) atoms. The van der Waals surface area contributed by atoms with Gasteiger partial charge in [0.05, 0.1) is 0 Å². The van der Waals surface area contributed by atoms with Crippen LogP contribution in [0.5, 0.6) is 0 Å². The number of aliphatic imine (C=N–C) groups is 1. The first kappa shape index (κ1) is 13.1. The van der Waals surface area contributed by atoms with E-state index in [1.54, 1.807) is 6.08 Å². The maximum absolute atomic E-state index is 11.8. The number of rotatable bonds is 3. The third-order valence-corrected chi connectivity index (χ3v) is 2.99. The van der Waals surface area contributed by atoms with Gasteiger partial charge in [0.1, 0.15) is 0 Å². The van der Waals surface area contributed by atoms with E-state index in [0.29, 0.717) is 11.6 Å². The molecule has 0 unspecified atom stereocenters. The maximum atomic E-state index is 11.8. The van der Waals surface area contributed by atoms with Crippen LogP contribution >= 0.6 is 0 Å². The van der Waals surface area contributed by atoms with Crippen molar-refractivity contribution in [3.63, 3.8) is 0 Å². The van der Waals surface area contributed by atoms with Crippen molar-refractivity contribution >= 4 is 17.8 Å². The summed E-state index contributed by atoms with van der Waals surface area (Å²) in [6.07, 6.45) is 5.42. The fourth-order valence-corrected chi connectivity index (χ4v) is 1.98. The van der Waals surface area contributed by atoms with Crippen LogP contribution in [0, 0.1) is 0 Å². The predicted octanol–water partition coefficient (Wildman–Crippen LogP) is 3.59. The number of nitrogens with zero attached hydrogens (tertiary/aromatic N) is 1. The van der Waals surface area contributed by atoms with Crippen LogP contribution in [0.3, 0.4) is 0 Å². The van der Waals surface area contributed by atoms with Crippen molar-refractivity contribution in [1.29, 1.82) is 0 Å². The van der Waals surface area contributed by atoms with Crippen molar-refractivity contribution in [3.05, 3.63) is 89.8 Å². The number of hydrogen-bond donors (Lipinski definition) is 0. The molecule has 1 aliphatic heterocycles. The lowest BCUT2D eigenvalue weighted by atomic mass is 10.1. The van der Waals surface area contributed by atoms with Gasteiger partial charge in [-0.15, -0.1) is 0 Å². The highest BCUT2D eigenvalue weighted by Crippen LogP contribution is 2.16. The molecular formula is C18H13NO2. The topological polar surface area (TPSA) is 38.7 Å². The molecule has 0 fully saturated rings. The van der Waals surface area contributed by atoms with E-state index >= 15 is 0 Å². The van der Waals surface area contributed by atoms with Crippen LogP contribution in [-0.4, -0.2) is 11.7 Å². The second-order valence-corrected chi connectivity index (χ2v) is 4.49. The third-order valence-electron chi connectivity index (χ3n) is 2.99. The van der Waals surface area contributed by atoms with Gasteiger partial charge in [-0.05, 0) is 5.56 Å². The second kappa shape index (κ2) is 6.01. The van der Waals surface area contributed by atoms with Gasteiger partial charge in [-0.1, -0.05) is 72.8 Å². The van der Waals surface area contributed by atoms with E-state index in [1.807, 2.05) is 72.8 Å². The largest absolute Gasteiger partial charge is 0.403 e. The molecule has 0 N–H and O–H groups in total. The molecule has 0 spiro atoms. The highest BCUT2D eigenvalue weighted by atomic mass is 16.6.